The molecule has 2 atom stereocenters. The Labute approximate surface area is 198 Å². The number of fused-ring (bicyclic) bond motifs is 1. The first kappa shape index (κ1) is 23.4. The molecule has 7 heteroatoms. The number of imidazole rings is 1. The number of pyridine rings is 1. The third kappa shape index (κ3) is 5.62. The predicted molar refractivity (Wildman–Crippen MR) is 127 cm³/mol. The van der Waals surface area contributed by atoms with E-state index in [9.17, 15) is 13.2 Å². The second-order valence-electron chi connectivity index (χ2n) is 8.07. The van der Waals surface area contributed by atoms with Crippen LogP contribution < -0.4 is 4.74 Å². The zero-order chi connectivity index (χ0) is 23.4. The fourth-order valence-electron chi connectivity index (χ4n) is 3.99. The number of hydrogen-bond donors (Lipinski definition) is 0. The van der Waals surface area contributed by atoms with E-state index in [4.69, 9.17) is 9.72 Å². The number of aryl methyl sites for hydroxylation is 1. The Kier molecular flexibility index (Phi) is 7.13. The molecule has 0 amide bonds. The molecule has 0 fully saturated rings. The van der Waals surface area contributed by atoms with E-state index in [1.54, 1.807) is 13.2 Å². The number of halogens is 3. The zero-order valence-electron chi connectivity index (χ0n) is 18.6. The molecule has 0 aliphatic carbocycles. The van der Waals surface area contributed by atoms with Crippen LogP contribution in [0.25, 0.3) is 16.8 Å². The van der Waals surface area contributed by atoms with Crippen LogP contribution in [0.15, 0.2) is 72.9 Å². The molecule has 0 aliphatic heterocycles. The first-order valence-corrected chi connectivity index (χ1v) is 13.5. The molecule has 0 saturated heterocycles. The van der Waals surface area contributed by atoms with Gasteiger partial charge in [-0.25, -0.2) is 0 Å². The van der Waals surface area contributed by atoms with Crippen molar-refractivity contribution in [2.45, 2.75) is 35.9 Å². The number of rotatable bonds is 8. The SMILES string of the molecule is COc1cccc(-c2nc(CC[AsH]C(C)Cc3cccc(C(F)(F)F)c3)n3ccccc23)c1. The Bertz CT molecular complexity index is 1240. The van der Waals surface area contributed by atoms with Crippen molar-refractivity contribution in [1.82, 2.24) is 9.38 Å². The van der Waals surface area contributed by atoms with Crippen LogP contribution in [0.5, 0.6) is 5.75 Å². The monoisotopic (exact) mass is 514 g/mol. The molecule has 4 rings (SSSR count). The van der Waals surface area contributed by atoms with Crippen molar-refractivity contribution in [3.05, 3.63) is 89.9 Å². The van der Waals surface area contributed by atoms with Gasteiger partial charge >= 0.3 is 198 Å². The van der Waals surface area contributed by atoms with Gasteiger partial charge < -0.3 is 0 Å². The van der Waals surface area contributed by atoms with E-state index in [-0.39, 0.29) is 15.8 Å². The number of alkyl halides is 3. The number of hydrogen-bond acceptors (Lipinski definition) is 2. The second-order valence-corrected chi connectivity index (χ2v) is 12.0. The maximum absolute atomic E-state index is 13.0. The first-order valence-electron chi connectivity index (χ1n) is 10.8. The zero-order valence-corrected chi connectivity index (χ0v) is 20.7. The van der Waals surface area contributed by atoms with Gasteiger partial charge in [0.15, 0.2) is 0 Å². The normalized spacial score (nSPS) is 13.1. The average molecular weight is 514 g/mol. The van der Waals surface area contributed by atoms with E-state index in [2.05, 4.69) is 17.4 Å². The van der Waals surface area contributed by atoms with Crippen molar-refractivity contribution < 1.29 is 17.9 Å². The van der Waals surface area contributed by atoms with Crippen LogP contribution in [-0.4, -0.2) is 32.2 Å². The molecule has 4 aromatic rings. The standard InChI is InChI=1S/C26H26AsF3N2O/c1-18(15-19-7-5-9-21(16-19)26(28,29)30)27-13-12-24-31-25(23-11-3-4-14-32(23)24)20-8-6-10-22(17-20)33-2/h3-11,14,16-18,27H,12-13,15H2,1-2H3. The molecule has 2 aromatic carbocycles. The van der Waals surface area contributed by atoms with E-state index in [1.807, 2.05) is 42.6 Å². The maximum atomic E-state index is 13.0. The Morgan fingerprint density at radius 2 is 1.85 bits per heavy atom. The van der Waals surface area contributed by atoms with Gasteiger partial charge in [-0.1, -0.05) is 0 Å². The van der Waals surface area contributed by atoms with Gasteiger partial charge in [0, 0.05) is 0 Å². The van der Waals surface area contributed by atoms with Crippen molar-refractivity contribution in [1.29, 1.82) is 0 Å². The third-order valence-corrected chi connectivity index (χ3v) is 8.62. The summed E-state index contributed by atoms with van der Waals surface area (Å²) >= 11 is -0.344. The molecule has 33 heavy (non-hydrogen) atoms. The van der Waals surface area contributed by atoms with Crippen LogP contribution in [0.4, 0.5) is 13.2 Å². The Hall–Kier alpha value is -2.72. The van der Waals surface area contributed by atoms with Gasteiger partial charge in [0.1, 0.15) is 0 Å². The Morgan fingerprint density at radius 3 is 2.64 bits per heavy atom. The molecule has 2 unspecified atom stereocenters. The van der Waals surface area contributed by atoms with Crippen LogP contribution in [0.2, 0.25) is 9.91 Å². The molecular formula is C26H26AsF3N2O. The number of ether oxygens (including phenoxy) is 1. The van der Waals surface area contributed by atoms with Crippen molar-refractivity contribution in [3.8, 4) is 17.0 Å². The summed E-state index contributed by atoms with van der Waals surface area (Å²) in [6.45, 7) is 2.14. The molecule has 0 bridgehead atoms. The van der Waals surface area contributed by atoms with E-state index < -0.39 is 11.7 Å². The summed E-state index contributed by atoms with van der Waals surface area (Å²) in [4.78, 5) is 4.96. The van der Waals surface area contributed by atoms with Crippen molar-refractivity contribution in [2.75, 3.05) is 7.11 Å². The fraction of sp³-hybridized carbons (Fsp3) is 0.269. The summed E-state index contributed by atoms with van der Waals surface area (Å²) in [5.41, 5.74) is 3.19. The summed E-state index contributed by atoms with van der Waals surface area (Å²) in [5.74, 6) is 1.81. The van der Waals surface area contributed by atoms with E-state index >= 15 is 0 Å². The van der Waals surface area contributed by atoms with Gasteiger partial charge in [0.05, 0.1) is 0 Å². The van der Waals surface area contributed by atoms with Crippen LogP contribution in [0, 0.1) is 0 Å². The molecule has 3 nitrogen and oxygen atoms in total. The van der Waals surface area contributed by atoms with Crippen LogP contribution in [-0.2, 0) is 19.0 Å². The van der Waals surface area contributed by atoms with E-state index in [1.165, 1.54) is 12.1 Å². The first-order chi connectivity index (χ1) is 15.8. The summed E-state index contributed by atoms with van der Waals surface area (Å²) in [6, 6.07) is 19.7. The van der Waals surface area contributed by atoms with Gasteiger partial charge in [-0.2, -0.15) is 0 Å². The molecule has 2 heterocycles. The molecule has 172 valence electrons. The second kappa shape index (κ2) is 10.0. The summed E-state index contributed by atoms with van der Waals surface area (Å²) < 4.78 is 46.9. The minimum atomic E-state index is -4.29. The number of aromatic nitrogens is 2. The Balaban J connectivity index is 1.45. The molecule has 0 saturated carbocycles. The molecule has 0 spiro atoms. The van der Waals surface area contributed by atoms with Gasteiger partial charge in [-0.15, -0.1) is 0 Å². The van der Waals surface area contributed by atoms with Gasteiger partial charge in [-0.3, -0.25) is 0 Å². The molecule has 0 aliphatic rings. The quantitative estimate of drug-likeness (QED) is 0.252. The van der Waals surface area contributed by atoms with Gasteiger partial charge in [-0.05, 0) is 0 Å². The number of nitrogens with zero attached hydrogens (tertiary/aromatic N) is 2. The third-order valence-electron chi connectivity index (χ3n) is 5.60. The topological polar surface area (TPSA) is 26.5 Å². The molecule has 0 radical (unpaired) electrons. The van der Waals surface area contributed by atoms with Gasteiger partial charge in [0.2, 0.25) is 0 Å². The molecular weight excluding hydrogens is 488 g/mol. The van der Waals surface area contributed by atoms with Gasteiger partial charge in [0.25, 0.3) is 0 Å². The molecule has 2 aromatic heterocycles. The van der Waals surface area contributed by atoms with Crippen LogP contribution in [0.3, 0.4) is 0 Å². The van der Waals surface area contributed by atoms with Crippen LogP contribution >= 0.6 is 0 Å². The number of benzene rings is 2. The van der Waals surface area contributed by atoms with Crippen molar-refractivity contribution >= 4 is 21.3 Å². The summed E-state index contributed by atoms with van der Waals surface area (Å²) in [6.07, 6.45) is -0.728. The minimum absolute atomic E-state index is 0.344. The van der Waals surface area contributed by atoms with E-state index in [0.717, 1.165) is 51.6 Å². The average Bonchev–Trinajstić information content (AvgIpc) is 3.17. The summed E-state index contributed by atoms with van der Waals surface area (Å²) in [5, 5.41) is 1.03. The Morgan fingerprint density at radius 1 is 1.03 bits per heavy atom. The predicted octanol–water partition coefficient (Wildman–Crippen LogP) is 6.48. The van der Waals surface area contributed by atoms with Crippen LogP contribution in [0.1, 0.15) is 23.9 Å². The molecule has 0 N–H and O–H groups in total. The summed E-state index contributed by atoms with van der Waals surface area (Å²) in [7, 11) is 1.65. The fourth-order valence-corrected chi connectivity index (χ4v) is 6.59. The van der Waals surface area contributed by atoms with Crippen molar-refractivity contribution in [3.63, 3.8) is 0 Å². The van der Waals surface area contributed by atoms with Crippen molar-refractivity contribution in [2.24, 2.45) is 0 Å². The van der Waals surface area contributed by atoms with E-state index in [0.29, 0.717) is 11.1 Å². The number of methoxy groups -OCH3 is 1.